The van der Waals surface area contributed by atoms with Crippen molar-refractivity contribution in [1.82, 2.24) is 9.71 Å². The summed E-state index contributed by atoms with van der Waals surface area (Å²) >= 11 is 1.72. The van der Waals surface area contributed by atoms with Crippen LogP contribution in [0.15, 0.2) is 28.2 Å². The van der Waals surface area contributed by atoms with Crippen LogP contribution in [0.3, 0.4) is 0 Å². The van der Waals surface area contributed by atoms with E-state index in [4.69, 9.17) is 0 Å². The zero-order chi connectivity index (χ0) is 14.6. The molecule has 0 aromatic carbocycles. The predicted octanol–water partition coefficient (Wildman–Crippen LogP) is 1.72. The van der Waals surface area contributed by atoms with Crippen LogP contribution >= 0.6 is 11.8 Å². The molecule has 1 aliphatic carbocycles. The van der Waals surface area contributed by atoms with Gasteiger partial charge in [0.1, 0.15) is 4.90 Å². The summed E-state index contributed by atoms with van der Waals surface area (Å²) in [5.41, 5.74) is -0.488. The minimum Gasteiger partial charge on any atom is -0.366 e. The zero-order valence-electron chi connectivity index (χ0n) is 11.5. The lowest BCUT2D eigenvalue weighted by Crippen LogP contribution is -2.42. The second-order valence-corrected chi connectivity index (χ2v) is 8.15. The third-order valence-corrected chi connectivity index (χ3v) is 6.70. The van der Waals surface area contributed by atoms with E-state index in [2.05, 4.69) is 9.71 Å². The Kier molecular flexibility index (Phi) is 4.93. The molecule has 1 fully saturated rings. The second-order valence-electron chi connectivity index (χ2n) is 5.15. The van der Waals surface area contributed by atoms with Crippen molar-refractivity contribution in [2.45, 2.75) is 41.7 Å². The number of aromatic nitrogens is 1. The molecule has 7 heteroatoms. The third-order valence-electron chi connectivity index (χ3n) is 3.86. The van der Waals surface area contributed by atoms with Gasteiger partial charge in [-0.3, -0.25) is 4.79 Å². The summed E-state index contributed by atoms with van der Waals surface area (Å²) in [6, 6.07) is 1.22. The number of sulfonamides is 1. The van der Waals surface area contributed by atoms with Gasteiger partial charge in [-0.05, 0) is 19.1 Å². The fourth-order valence-corrected chi connectivity index (χ4v) is 4.75. The van der Waals surface area contributed by atoms with Crippen molar-refractivity contribution in [3.8, 4) is 0 Å². The maximum Gasteiger partial charge on any atom is 0.245 e. The Labute approximate surface area is 123 Å². The van der Waals surface area contributed by atoms with Gasteiger partial charge in [0.25, 0.3) is 0 Å². The smallest absolute Gasteiger partial charge is 0.245 e. The summed E-state index contributed by atoms with van der Waals surface area (Å²) in [5, 5.41) is 0. The van der Waals surface area contributed by atoms with E-state index in [1.165, 1.54) is 24.9 Å². The van der Waals surface area contributed by atoms with E-state index in [0.29, 0.717) is 6.54 Å². The minimum absolute atomic E-state index is 0.0349. The van der Waals surface area contributed by atoms with Crippen LogP contribution in [-0.4, -0.2) is 30.9 Å². The molecule has 1 aromatic rings. The molecule has 2 rings (SSSR count). The van der Waals surface area contributed by atoms with Crippen molar-refractivity contribution in [3.63, 3.8) is 0 Å². The van der Waals surface area contributed by atoms with Crippen molar-refractivity contribution in [2.75, 3.05) is 12.8 Å². The van der Waals surface area contributed by atoms with Crippen molar-refractivity contribution in [2.24, 2.45) is 0 Å². The van der Waals surface area contributed by atoms with E-state index in [-0.39, 0.29) is 9.64 Å². The number of aromatic amines is 1. The lowest BCUT2D eigenvalue weighted by molar-refractivity contribution is 0.395. The van der Waals surface area contributed by atoms with Crippen LogP contribution in [-0.2, 0) is 10.0 Å². The first-order valence-corrected chi connectivity index (χ1v) is 9.42. The van der Waals surface area contributed by atoms with Gasteiger partial charge < -0.3 is 4.98 Å². The molecule has 1 aliphatic rings. The number of thioether (sulfide) groups is 1. The molecule has 0 aliphatic heterocycles. The fourth-order valence-electron chi connectivity index (χ4n) is 2.56. The van der Waals surface area contributed by atoms with Gasteiger partial charge in [0, 0.05) is 29.8 Å². The van der Waals surface area contributed by atoms with Crippen molar-refractivity contribution in [1.29, 1.82) is 0 Å². The first kappa shape index (κ1) is 15.6. The SMILES string of the molecule is CSC1(CNS(=O)(=O)c2c[nH]ccc2=O)CCCCC1. The first-order valence-electron chi connectivity index (χ1n) is 6.71. The van der Waals surface area contributed by atoms with Crippen LogP contribution in [0.1, 0.15) is 32.1 Å². The summed E-state index contributed by atoms with van der Waals surface area (Å²) in [6.07, 6.45) is 10.2. The number of nitrogens with one attached hydrogen (secondary N) is 2. The third kappa shape index (κ3) is 3.45. The lowest BCUT2D eigenvalue weighted by Gasteiger charge is -2.35. The second kappa shape index (κ2) is 6.32. The highest BCUT2D eigenvalue weighted by atomic mass is 32.2. The Bertz CT molecular complexity index is 604. The van der Waals surface area contributed by atoms with Crippen LogP contribution < -0.4 is 10.2 Å². The summed E-state index contributed by atoms with van der Waals surface area (Å²) in [7, 11) is -3.75. The Morgan fingerprint density at radius 1 is 1.35 bits per heavy atom. The molecule has 0 amide bonds. The zero-order valence-corrected chi connectivity index (χ0v) is 13.1. The summed E-state index contributed by atoms with van der Waals surface area (Å²) in [4.78, 5) is 14.1. The van der Waals surface area contributed by atoms with Crippen LogP contribution in [0.4, 0.5) is 0 Å². The average molecular weight is 316 g/mol. The number of hydrogen-bond donors (Lipinski definition) is 2. The summed E-state index contributed by atoms with van der Waals surface area (Å²) in [6.45, 7) is 0.380. The number of hydrogen-bond acceptors (Lipinski definition) is 4. The van der Waals surface area contributed by atoms with E-state index in [1.807, 2.05) is 6.26 Å². The van der Waals surface area contributed by atoms with Gasteiger partial charge in [0.05, 0.1) is 0 Å². The Morgan fingerprint density at radius 2 is 2.05 bits per heavy atom. The summed E-state index contributed by atoms with van der Waals surface area (Å²) in [5.74, 6) is 0. The van der Waals surface area contributed by atoms with Gasteiger partial charge in [0.15, 0.2) is 0 Å². The Balaban J connectivity index is 2.13. The largest absolute Gasteiger partial charge is 0.366 e. The molecule has 0 unspecified atom stereocenters. The molecular formula is C13H20N2O3S2. The standard InChI is InChI=1S/C13H20N2O3S2/c1-19-13(6-3-2-4-7-13)10-15-20(17,18)12-9-14-8-5-11(12)16/h5,8-9,15H,2-4,6-7,10H2,1H3,(H,14,16). The molecule has 0 bridgehead atoms. The highest BCUT2D eigenvalue weighted by molar-refractivity contribution is 8.00. The molecule has 0 spiro atoms. The molecule has 1 heterocycles. The van der Waals surface area contributed by atoms with Crippen molar-refractivity contribution >= 4 is 21.8 Å². The number of pyridine rings is 1. The molecule has 0 atom stereocenters. The van der Waals surface area contributed by atoms with E-state index in [0.717, 1.165) is 25.7 Å². The molecule has 0 saturated heterocycles. The average Bonchev–Trinajstić information content (AvgIpc) is 2.47. The van der Waals surface area contributed by atoms with Crippen LogP contribution in [0.5, 0.6) is 0 Å². The van der Waals surface area contributed by atoms with E-state index in [9.17, 15) is 13.2 Å². The van der Waals surface area contributed by atoms with Gasteiger partial charge in [0.2, 0.25) is 15.5 Å². The van der Waals surface area contributed by atoms with Gasteiger partial charge in [-0.25, -0.2) is 13.1 Å². The molecule has 20 heavy (non-hydrogen) atoms. The van der Waals surface area contributed by atoms with Crippen LogP contribution in [0, 0.1) is 0 Å². The highest BCUT2D eigenvalue weighted by Crippen LogP contribution is 2.38. The normalized spacial score (nSPS) is 18.9. The van der Waals surface area contributed by atoms with Crippen molar-refractivity contribution < 1.29 is 8.42 Å². The molecule has 5 nitrogen and oxygen atoms in total. The molecule has 112 valence electrons. The minimum atomic E-state index is -3.75. The summed E-state index contributed by atoms with van der Waals surface area (Å²) < 4.78 is 27.0. The number of rotatable bonds is 5. The monoisotopic (exact) mass is 316 g/mol. The van der Waals surface area contributed by atoms with E-state index < -0.39 is 15.5 Å². The molecule has 1 saturated carbocycles. The quantitative estimate of drug-likeness (QED) is 0.867. The maximum atomic E-state index is 12.2. The Hall–Kier alpha value is -0.790. The van der Waals surface area contributed by atoms with Crippen molar-refractivity contribution in [3.05, 3.63) is 28.7 Å². The van der Waals surface area contributed by atoms with Crippen LogP contribution in [0.2, 0.25) is 0 Å². The first-order chi connectivity index (χ1) is 9.49. The maximum absolute atomic E-state index is 12.2. The van der Waals surface area contributed by atoms with Gasteiger partial charge >= 0.3 is 0 Å². The molecular weight excluding hydrogens is 296 g/mol. The highest BCUT2D eigenvalue weighted by Gasteiger charge is 2.33. The lowest BCUT2D eigenvalue weighted by atomic mass is 9.88. The van der Waals surface area contributed by atoms with Gasteiger partial charge in [-0.2, -0.15) is 11.8 Å². The predicted molar refractivity (Wildman–Crippen MR) is 81.6 cm³/mol. The number of H-pyrrole nitrogens is 1. The van der Waals surface area contributed by atoms with Gasteiger partial charge in [-0.15, -0.1) is 0 Å². The van der Waals surface area contributed by atoms with Crippen LogP contribution in [0.25, 0.3) is 0 Å². The molecule has 1 aromatic heterocycles. The van der Waals surface area contributed by atoms with Gasteiger partial charge in [-0.1, -0.05) is 19.3 Å². The molecule has 2 N–H and O–H groups in total. The molecule has 0 radical (unpaired) electrons. The fraction of sp³-hybridized carbons (Fsp3) is 0.615. The Morgan fingerprint density at radius 3 is 2.65 bits per heavy atom. The van der Waals surface area contributed by atoms with E-state index >= 15 is 0 Å². The topological polar surface area (TPSA) is 79.0 Å². The van der Waals surface area contributed by atoms with E-state index in [1.54, 1.807) is 11.8 Å².